The van der Waals surface area contributed by atoms with Crippen LogP contribution in [0.1, 0.15) is 13.3 Å². The first-order valence-electron chi connectivity index (χ1n) is 10.0. The van der Waals surface area contributed by atoms with Crippen molar-refractivity contribution in [3.63, 3.8) is 0 Å². The van der Waals surface area contributed by atoms with Crippen LogP contribution in [-0.2, 0) is 9.59 Å². The quantitative estimate of drug-likeness (QED) is 0.599. The highest BCUT2D eigenvalue weighted by molar-refractivity contribution is 7.14. The normalized spacial score (nSPS) is 15.7. The van der Waals surface area contributed by atoms with Crippen molar-refractivity contribution in [1.82, 2.24) is 4.98 Å². The van der Waals surface area contributed by atoms with Gasteiger partial charge in [-0.2, -0.15) is 0 Å². The molecular weight excluding hydrogens is 414 g/mol. The van der Waals surface area contributed by atoms with E-state index < -0.39 is 5.92 Å². The lowest BCUT2D eigenvalue weighted by molar-refractivity contribution is -0.122. The highest BCUT2D eigenvalue weighted by atomic mass is 32.1. The van der Waals surface area contributed by atoms with Crippen LogP contribution in [-0.4, -0.2) is 37.1 Å². The average molecular weight is 438 g/mol. The first kappa shape index (κ1) is 20.9. The van der Waals surface area contributed by atoms with Crippen molar-refractivity contribution in [2.75, 3.05) is 30.5 Å². The maximum atomic E-state index is 12.7. The maximum Gasteiger partial charge on any atom is 0.231 e. The van der Waals surface area contributed by atoms with Crippen LogP contribution in [0.25, 0.3) is 11.3 Å². The van der Waals surface area contributed by atoms with E-state index in [0.29, 0.717) is 18.3 Å². The Bertz CT molecular complexity index is 1060. The van der Waals surface area contributed by atoms with E-state index in [0.717, 1.165) is 28.4 Å². The van der Waals surface area contributed by atoms with E-state index >= 15 is 0 Å². The number of nitrogens with zero attached hydrogens (tertiary/aromatic N) is 2. The van der Waals surface area contributed by atoms with Gasteiger partial charge < -0.3 is 19.7 Å². The number of aromatic nitrogens is 1. The van der Waals surface area contributed by atoms with Crippen molar-refractivity contribution >= 4 is 34.0 Å². The minimum atomic E-state index is -0.424. The molecule has 2 amide bonds. The summed E-state index contributed by atoms with van der Waals surface area (Å²) in [5.41, 5.74) is 2.49. The van der Waals surface area contributed by atoms with Crippen molar-refractivity contribution in [3.05, 3.63) is 53.9 Å². The molecule has 0 spiro atoms. The molecule has 1 N–H and O–H groups in total. The number of carbonyl (C=O) groups excluding carboxylic acids is 2. The van der Waals surface area contributed by atoms with Crippen molar-refractivity contribution in [2.45, 2.75) is 13.3 Å². The third-order valence-corrected chi connectivity index (χ3v) is 5.83. The van der Waals surface area contributed by atoms with Gasteiger partial charge in [0.15, 0.2) is 5.13 Å². The van der Waals surface area contributed by atoms with E-state index in [9.17, 15) is 9.59 Å². The zero-order valence-corrected chi connectivity index (χ0v) is 18.1. The monoisotopic (exact) mass is 437 g/mol. The topological polar surface area (TPSA) is 80.8 Å². The number of amides is 2. The van der Waals surface area contributed by atoms with Crippen LogP contribution in [0.5, 0.6) is 11.5 Å². The summed E-state index contributed by atoms with van der Waals surface area (Å²) in [7, 11) is 1.59. The minimum absolute atomic E-state index is 0.0699. The number of anilines is 2. The summed E-state index contributed by atoms with van der Waals surface area (Å²) in [5, 5.41) is 5.28. The zero-order chi connectivity index (χ0) is 21.8. The first-order chi connectivity index (χ1) is 15.1. The van der Waals surface area contributed by atoms with E-state index in [4.69, 9.17) is 9.47 Å². The Morgan fingerprint density at radius 3 is 2.55 bits per heavy atom. The van der Waals surface area contributed by atoms with Gasteiger partial charge in [-0.05, 0) is 55.5 Å². The van der Waals surface area contributed by atoms with Crippen LogP contribution in [0, 0.1) is 5.92 Å². The fraction of sp³-hybridized carbons (Fsp3) is 0.261. The van der Waals surface area contributed by atoms with Gasteiger partial charge in [0.2, 0.25) is 11.8 Å². The number of rotatable bonds is 7. The second-order valence-corrected chi connectivity index (χ2v) is 7.95. The van der Waals surface area contributed by atoms with Crippen LogP contribution in [0.4, 0.5) is 10.8 Å². The molecule has 0 bridgehead atoms. The number of thiazole rings is 1. The highest BCUT2D eigenvalue weighted by Crippen LogP contribution is 2.30. The molecule has 1 fully saturated rings. The van der Waals surface area contributed by atoms with Crippen molar-refractivity contribution in [2.24, 2.45) is 5.92 Å². The standard InChI is InChI=1S/C23H23N3O4S/c1-3-30-19-8-4-15(5-9-19)20-14-31-23(24-20)25-22(28)16-12-21(27)26(13-16)17-6-10-18(29-2)11-7-17/h4-11,14,16H,3,12-13H2,1-2H3,(H,24,25,28). The van der Waals surface area contributed by atoms with Gasteiger partial charge in [-0.3, -0.25) is 9.59 Å². The van der Waals surface area contributed by atoms with E-state index in [2.05, 4.69) is 10.3 Å². The molecule has 31 heavy (non-hydrogen) atoms. The molecule has 1 aromatic heterocycles. The summed E-state index contributed by atoms with van der Waals surface area (Å²) in [5.74, 6) is 0.836. The summed E-state index contributed by atoms with van der Waals surface area (Å²) in [6.45, 7) is 2.90. The Balaban J connectivity index is 1.39. The molecule has 4 rings (SSSR count). The van der Waals surface area contributed by atoms with E-state index in [1.54, 1.807) is 24.1 Å². The zero-order valence-electron chi connectivity index (χ0n) is 17.3. The predicted octanol–water partition coefficient (Wildman–Crippen LogP) is 4.21. The lowest BCUT2D eigenvalue weighted by atomic mass is 10.1. The van der Waals surface area contributed by atoms with Crippen LogP contribution in [0.2, 0.25) is 0 Å². The van der Waals surface area contributed by atoms with Crippen molar-refractivity contribution in [1.29, 1.82) is 0 Å². The molecular formula is C23H23N3O4S. The van der Waals surface area contributed by atoms with Crippen LogP contribution < -0.4 is 19.7 Å². The SMILES string of the molecule is CCOc1ccc(-c2csc(NC(=O)C3CC(=O)N(c4ccc(OC)cc4)C3)n2)cc1. The number of nitrogens with one attached hydrogen (secondary N) is 1. The van der Waals surface area contributed by atoms with Crippen LogP contribution in [0.3, 0.4) is 0 Å². The fourth-order valence-corrected chi connectivity index (χ4v) is 4.18. The number of carbonyl (C=O) groups is 2. The largest absolute Gasteiger partial charge is 0.497 e. The van der Waals surface area contributed by atoms with E-state index in [-0.39, 0.29) is 18.2 Å². The third kappa shape index (κ3) is 4.69. The van der Waals surface area contributed by atoms with Crippen LogP contribution >= 0.6 is 11.3 Å². The van der Waals surface area contributed by atoms with Crippen molar-refractivity contribution < 1.29 is 19.1 Å². The molecule has 1 unspecified atom stereocenters. The highest BCUT2D eigenvalue weighted by Gasteiger charge is 2.35. The minimum Gasteiger partial charge on any atom is -0.497 e. The number of hydrogen-bond acceptors (Lipinski definition) is 6. The summed E-state index contributed by atoms with van der Waals surface area (Å²) < 4.78 is 10.6. The summed E-state index contributed by atoms with van der Waals surface area (Å²) in [6, 6.07) is 14.9. The van der Waals surface area contributed by atoms with Gasteiger partial charge in [0.1, 0.15) is 11.5 Å². The van der Waals surface area contributed by atoms with Gasteiger partial charge in [-0.15, -0.1) is 11.3 Å². The van der Waals surface area contributed by atoms with Gasteiger partial charge in [0.25, 0.3) is 0 Å². The average Bonchev–Trinajstić information content (AvgIpc) is 3.41. The van der Waals surface area contributed by atoms with Gasteiger partial charge in [0.05, 0.1) is 25.3 Å². The summed E-state index contributed by atoms with van der Waals surface area (Å²) in [6.07, 6.45) is 0.176. The van der Waals surface area contributed by atoms with E-state index in [1.807, 2.05) is 48.7 Å². The second-order valence-electron chi connectivity index (χ2n) is 7.09. The van der Waals surface area contributed by atoms with Gasteiger partial charge in [0, 0.05) is 29.6 Å². The number of hydrogen-bond donors (Lipinski definition) is 1. The van der Waals surface area contributed by atoms with Crippen molar-refractivity contribution in [3.8, 4) is 22.8 Å². The van der Waals surface area contributed by atoms with E-state index in [1.165, 1.54) is 11.3 Å². The molecule has 2 heterocycles. The molecule has 7 nitrogen and oxygen atoms in total. The van der Waals surface area contributed by atoms with Crippen LogP contribution in [0.15, 0.2) is 53.9 Å². The Hall–Kier alpha value is -3.39. The molecule has 8 heteroatoms. The second kappa shape index (κ2) is 9.18. The lowest BCUT2D eigenvalue weighted by Crippen LogP contribution is -2.28. The van der Waals surface area contributed by atoms with Gasteiger partial charge in [-0.1, -0.05) is 0 Å². The molecule has 2 aromatic carbocycles. The van der Waals surface area contributed by atoms with Gasteiger partial charge >= 0.3 is 0 Å². The number of benzene rings is 2. The molecule has 160 valence electrons. The first-order valence-corrected chi connectivity index (χ1v) is 10.9. The Morgan fingerprint density at radius 2 is 1.87 bits per heavy atom. The lowest BCUT2D eigenvalue weighted by Gasteiger charge is -2.16. The molecule has 1 aliphatic heterocycles. The maximum absolute atomic E-state index is 12.7. The molecule has 1 aliphatic rings. The molecule has 0 aliphatic carbocycles. The Labute approximate surface area is 184 Å². The fourth-order valence-electron chi connectivity index (χ4n) is 3.45. The summed E-state index contributed by atoms with van der Waals surface area (Å²) >= 11 is 1.36. The molecule has 1 saturated heterocycles. The third-order valence-electron chi connectivity index (χ3n) is 5.08. The summed E-state index contributed by atoms with van der Waals surface area (Å²) in [4.78, 5) is 31.3. The Morgan fingerprint density at radius 1 is 1.16 bits per heavy atom. The molecule has 0 saturated carbocycles. The molecule has 1 atom stereocenters. The number of ether oxygens (including phenoxy) is 2. The predicted molar refractivity (Wildman–Crippen MR) is 121 cm³/mol. The molecule has 0 radical (unpaired) electrons. The Kier molecular flexibility index (Phi) is 6.18. The molecule has 3 aromatic rings. The smallest absolute Gasteiger partial charge is 0.231 e. The van der Waals surface area contributed by atoms with Gasteiger partial charge in [-0.25, -0.2) is 4.98 Å². The number of methoxy groups -OCH3 is 1.